The summed E-state index contributed by atoms with van der Waals surface area (Å²) in [4.78, 5) is 11.5. The molecule has 1 amide bonds. The maximum absolute atomic E-state index is 11.5. The third kappa shape index (κ3) is 6.79. The molecule has 0 aliphatic carbocycles. The van der Waals surface area contributed by atoms with Crippen LogP contribution in [0, 0.1) is 5.92 Å². The highest BCUT2D eigenvalue weighted by Gasteiger charge is 2.18. The van der Waals surface area contributed by atoms with Crippen LogP contribution in [0.1, 0.15) is 26.7 Å². The second-order valence-electron chi connectivity index (χ2n) is 4.19. The molecule has 2 atom stereocenters. The minimum Gasteiger partial charge on any atom is -0.355 e. The van der Waals surface area contributed by atoms with E-state index < -0.39 is 15.9 Å². The number of rotatable bonds is 7. The van der Waals surface area contributed by atoms with Gasteiger partial charge >= 0.3 is 0 Å². The van der Waals surface area contributed by atoms with Gasteiger partial charge in [-0.2, -0.15) is 0 Å². The van der Waals surface area contributed by atoms with Crippen LogP contribution in [0.15, 0.2) is 0 Å². The van der Waals surface area contributed by atoms with E-state index in [1.54, 1.807) is 0 Å². The Bertz CT molecular complexity index is 314. The molecule has 0 aromatic carbocycles. The van der Waals surface area contributed by atoms with Crippen molar-refractivity contribution in [1.82, 2.24) is 5.32 Å². The molecule has 96 valence electrons. The molecule has 0 radical (unpaired) electrons. The first-order chi connectivity index (χ1) is 7.28. The second kappa shape index (κ2) is 6.85. The Labute approximate surface area is 97.7 Å². The van der Waals surface area contributed by atoms with Crippen molar-refractivity contribution < 1.29 is 13.2 Å². The number of nitrogens with one attached hydrogen (secondary N) is 1. The predicted octanol–water partition coefficient (Wildman–Crippen LogP) is -0.0893. The maximum Gasteiger partial charge on any atom is 0.237 e. The van der Waals surface area contributed by atoms with Crippen LogP contribution in [-0.2, 0) is 14.6 Å². The Morgan fingerprint density at radius 1 is 1.44 bits per heavy atom. The van der Waals surface area contributed by atoms with Gasteiger partial charge in [0.1, 0.15) is 9.84 Å². The van der Waals surface area contributed by atoms with Gasteiger partial charge in [0.05, 0.1) is 11.8 Å². The zero-order valence-corrected chi connectivity index (χ0v) is 11.0. The van der Waals surface area contributed by atoms with Crippen molar-refractivity contribution in [3.05, 3.63) is 0 Å². The fourth-order valence-corrected chi connectivity index (χ4v) is 1.84. The van der Waals surface area contributed by atoms with Crippen molar-refractivity contribution in [2.24, 2.45) is 11.7 Å². The Hall–Kier alpha value is -0.620. The predicted molar refractivity (Wildman–Crippen MR) is 64.8 cm³/mol. The van der Waals surface area contributed by atoms with Gasteiger partial charge in [-0.3, -0.25) is 4.79 Å². The molecule has 0 aliphatic heterocycles. The summed E-state index contributed by atoms with van der Waals surface area (Å²) in [5.74, 6) is 0.0176. The van der Waals surface area contributed by atoms with E-state index in [0.29, 0.717) is 13.0 Å². The first-order valence-electron chi connectivity index (χ1n) is 5.49. The molecule has 0 fully saturated rings. The molecular weight excluding hydrogens is 228 g/mol. The molecule has 0 aromatic heterocycles. The SMILES string of the molecule is CC[C@H](C)[C@H](N)C(=O)NCCCS(C)(=O)=O. The molecule has 5 nitrogen and oxygen atoms in total. The zero-order valence-electron chi connectivity index (χ0n) is 10.2. The normalized spacial score (nSPS) is 15.5. The standard InChI is InChI=1S/C10H22N2O3S/c1-4-8(2)9(11)10(13)12-6-5-7-16(3,14)15/h8-9H,4-7,11H2,1-3H3,(H,12,13)/t8-,9-/m0/s1. The van der Waals surface area contributed by atoms with E-state index in [1.165, 1.54) is 6.26 Å². The molecule has 6 heteroatoms. The van der Waals surface area contributed by atoms with Gasteiger partial charge in [0, 0.05) is 12.8 Å². The van der Waals surface area contributed by atoms with Crippen molar-refractivity contribution >= 4 is 15.7 Å². The third-order valence-electron chi connectivity index (χ3n) is 2.55. The highest BCUT2D eigenvalue weighted by Crippen LogP contribution is 2.04. The van der Waals surface area contributed by atoms with Crippen molar-refractivity contribution in [2.75, 3.05) is 18.6 Å². The molecule has 0 unspecified atom stereocenters. The number of carbonyl (C=O) groups excluding carboxylic acids is 1. The van der Waals surface area contributed by atoms with Crippen LogP contribution >= 0.6 is 0 Å². The number of hydrogen-bond donors (Lipinski definition) is 2. The van der Waals surface area contributed by atoms with Gasteiger partial charge in [-0.1, -0.05) is 20.3 Å². The summed E-state index contributed by atoms with van der Waals surface area (Å²) in [5.41, 5.74) is 5.71. The molecule has 0 saturated carbocycles. The van der Waals surface area contributed by atoms with Crippen LogP contribution in [0.4, 0.5) is 0 Å². The Morgan fingerprint density at radius 3 is 2.44 bits per heavy atom. The molecule has 0 rings (SSSR count). The lowest BCUT2D eigenvalue weighted by Gasteiger charge is -2.17. The topological polar surface area (TPSA) is 89.3 Å². The van der Waals surface area contributed by atoms with Crippen LogP contribution in [0.2, 0.25) is 0 Å². The van der Waals surface area contributed by atoms with Crippen molar-refractivity contribution in [1.29, 1.82) is 0 Å². The lowest BCUT2D eigenvalue weighted by atomic mass is 9.99. The van der Waals surface area contributed by atoms with Crippen LogP contribution in [0.3, 0.4) is 0 Å². The second-order valence-corrected chi connectivity index (χ2v) is 6.45. The smallest absolute Gasteiger partial charge is 0.237 e. The van der Waals surface area contributed by atoms with Crippen LogP contribution < -0.4 is 11.1 Å². The van der Waals surface area contributed by atoms with E-state index in [0.717, 1.165) is 6.42 Å². The average molecular weight is 250 g/mol. The molecule has 16 heavy (non-hydrogen) atoms. The Kier molecular flexibility index (Phi) is 6.59. The summed E-state index contributed by atoms with van der Waals surface area (Å²) in [6, 6.07) is -0.511. The van der Waals surface area contributed by atoms with E-state index in [4.69, 9.17) is 5.73 Å². The summed E-state index contributed by atoms with van der Waals surface area (Å²) >= 11 is 0. The number of hydrogen-bond acceptors (Lipinski definition) is 4. The monoisotopic (exact) mass is 250 g/mol. The number of carbonyl (C=O) groups is 1. The van der Waals surface area contributed by atoms with Crippen LogP contribution in [-0.4, -0.2) is 38.9 Å². The zero-order chi connectivity index (χ0) is 12.8. The maximum atomic E-state index is 11.5. The van der Waals surface area contributed by atoms with Gasteiger partial charge in [0.25, 0.3) is 0 Å². The molecule has 0 aliphatic rings. The fraction of sp³-hybridized carbons (Fsp3) is 0.900. The number of amides is 1. The fourth-order valence-electron chi connectivity index (χ4n) is 1.18. The van der Waals surface area contributed by atoms with E-state index in [9.17, 15) is 13.2 Å². The van der Waals surface area contributed by atoms with Crippen molar-refractivity contribution in [3.63, 3.8) is 0 Å². The Morgan fingerprint density at radius 2 is 2.00 bits per heavy atom. The van der Waals surface area contributed by atoms with Gasteiger partial charge in [-0.15, -0.1) is 0 Å². The first kappa shape index (κ1) is 15.4. The lowest BCUT2D eigenvalue weighted by Crippen LogP contribution is -2.45. The lowest BCUT2D eigenvalue weighted by molar-refractivity contribution is -0.123. The summed E-state index contributed by atoms with van der Waals surface area (Å²) in [7, 11) is -2.95. The molecule has 0 spiro atoms. The van der Waals surface area contributed by atoms with Gasteiger partial charge < -0.3 is 11.1 Å². The minimum absolute atomic E-state index is 0.0891. The van der Waals surface area contributed by atoms with E-state index >= 15 is 0 Å². The molecule has 0 aromatic rings. The van der Waals surface area contributed by atoms with Crippen LogP contribution in [0.5, 0.6) is 0 Å². The largest absolute Gasteiger partial charge is 0.355 e. The molecule has 0 heterocycles. The molecular formula is C10H22N2O3S. The molecule has 3 N–H and O–H groups in total. The summed E-state index contributed by atoms with van der Waals surface area (Å²) in [5, 5.41) is 2.64. The minimum atomic E-state index is -2.95. The Balaban J connectivity index is 3.82. The van der Waals surface area contributed by atoms with Gasteiger partial charge in [-0.05, 0) is 12.3 Å². The number of sulfone groups is 1. The summed E-state index contributed by atoms with van der Waals surface area (Å²) in [6.45, 7) is 4.25. The quantitative estimate of drug-likeness (QED) is 0.618. The van der Waals surface area contributed by atoms with E-state index in [-0.39, 0.29) is 17.6 Å². The van der Waals surface area contributed by atoms with Crippen molar-refractivity contribution in [3.8, 4) is 0 Å². The summed E-state index contributed by atoms with van der Waals surface area (Å²) < 4.78 is 21.7. The highest BCUT2D eigenvalue weighted by atomic mass is 32.2. The van der Waals surface area contributed by atoms with Crippen molar-refractivity contribution in [2.45, 2.75) is 32.7 Å². The van der Waals surface area contributed by atoms with E-state index in [1.807, 2.05) is 13.8 Å². The average Bonchev–Trinajstić information content (AvgIpc) is 2.20. The molecule has 0 bridgehead atoms. The van der Waals surface area contributed by atoms with Gasteiger partial charge in [0.15, 0.2) is 0 Å². The first-order valence-corrected chi connectivity index (χ1v) is 7.55. The molecule has 0 saturated heterocycles. The van der Waals surface area contributed by atoms with E-state index in [2.05, 4.69) is 5.32 Å². The number of nitrogens with two attached hydrogens (primary N) is 1. The van der Waals surface area contributed by atoms with Gasteiger partial charge in [-0.25, -0.2) is 8.42 Å². The third-order valence-corrected chi connectivity index (χ3v) is 3.58. The highest BCUT2D eigenvalue weighted by molar-refractivity contribution is 7.90. The van der Waals surface area contributed by atoms with Crippen LogP contribution in [0.25, 0.3) is 0 Å². The van der Waals surface area contributed by atoms with Gasteiger partial charge in [0.2, 0.25) is 5.91 Å². The summed E-state index contributed by atoms with van der Waals surface area (Å²) in [6.07, 6.45) is 2.45.